The fourth-order valence-corrected chi connectivity index (χ4v) is 1.96. The lowest BCUT2D eigenvalue weighted by atomic mass is 9.94. The van der Waals surface area contributed by atoms with Crippen molar-refractivity contribution in [1.29, 1.82) is 0 Å². The van der Waals surface area contributed by atoms with Gasteiger partial charge in [-0.3, -0.25) is 4.79 Å². The van der Waals surface area contributed by atoms with Crippen molar-refractivity contribution in [3.05, 3.63) is 0 Å². The largest absolute Gasteiger partial charge is 0.465 e. The van der Waals surface area contributed by atoms with Gasteiger partial charge in [-0.2, -0.15) is 13.2 Å². The molecule has 0 aliphatic heterocycles. The van der Waals surface area contributed by atoms with Gasteiger partial charge in [-0.05, 0) is 34.2 Å². The van der Waals surface area contributed by atoms with Crippen LogP contribution in [0.5, 0.6) is 0 Å². The summed E-state index contributed by atoms with van der Waals surface area (Å²) < 4.78 is 47.2. The molecule has 20 heavy (non-hydrogen) atoms. The second-order valence-electron chi connectivity index (χ2n) is 4.92. The molecule has 0 spiro atoms. The van der Waals surface area contributed by atoms with Gasteiger partial charge in [0.1, 0.15) is 5.54 Å². The standard InChI is InChI=1S/C13H24F3NO3/c1-6-17-12(5,11(18)19-7-2)8-9(3)20-10(4)13(14,15)16/h9-10,17H,6-8H2,1-5H3. The Kier molecular flexibility index (Phi) is 7.51. The average molecular weight is 299 g/mol. The molecule has 1 N–H and O–H groups in total. The molecule has 0 bridgehead atoms. The van der Waals surface area contributed by atoms with Crippen molar-refractivity contribution >= 4 is 5.97 Å². The Bertz CT molecular complexity index is 310. The summed E-state index contributed by atoms with van der Waals surface area (Å²) in [4.78, 5) is 11.9. The quantitative estimate of drug-likeness (QED) is 0.700. The zero-order chi connectivity index (χ0) is 16.0. The highest BCUT2D eigenvalue weighted by Crippen LogP contribution is 2.25. The van der Waals surface area contributed by atoms with Crippen LogP contribution in [0, 0.1) is 0 Å². The van der Waals surface area contributed by atoms with E-state index in [1.165, 1.54) is 6.92 Å². The maximum absolute atomic E-state index is 12.4. The Morgan fingerprint density at radius 1 is 1.25 bits per heavy atom. The number of ether oxygens (including phenoxy) is 2. The topological polar surface area (TPSA) is 47.6 Å². The third-order valence-corrected chi connectivity index (χ3v) is 2.89. The van der Waals surface area contributed by atoms with Crippen molar-refractivity contribution in [3.63, 3.8) is 0 Å². The smallest absolute Gasteiger partial charge is 0.414 e. The number of halogens is 3. The number of carbonyl (C=O) groups is 1. The maximum Gasteiger partial charge on any atom is 0.414 e. The van der Waals surface area contributed by atoms with Gasteiger partial charge in [-0.25, -0.2) is 0 Å². The highest BCUT2D eigenvalue weighted by molar-refractivity contribution is 5.80. The Labute approximate surface area is 118 Å². The number of nitrogens with one attached hydrogen (secondary N) is 1. The molecule has 0 aliphatic carbocycles. The second-order valence-corrected chi connectivity index (χ2v) is 4.92. The lowest BCUT2D eigenvalue weighted by Crippen LogP contribution is -2.52. The Hall–Kier alpha value is -0.820. The molecule has 0 amide bonds. The SMILES string of the molecule is CCNC(C)(CC(C)OC(C)C(F)(F)F)C(=O)OCC. The van der Waals surface area contributed by atoms with Crippen LogP contribution in [-0.4, -0.2) is 43.0 Å². The molecule has 3 atom stereocenters. The van der Waals surface area contributed by atoms with Gasteiger partial charge in [0.15, 0.2) is 6.10 Å². The van der Waals surface area contributed by atoms with Crippen molar-refractivity contribution in [3.8, 4) is 0 Å². The van der Waals surface area contributed by atoms with Crippen LogP contribution in [0.1, 0.15) is 41.0 Å². The van der Waals surface area contributed by atoms with E-state index in [1.54, 1.807) is 20.8 Å². The molecular formula is C13H24F3NO3. The minimum Gasteiger partial charge on any atom is -0.465 e. The third kappa shape index (κ3) is 6.09. The molecule has 7 heteroatoms. The van der Waals surface area contributed by atoms with Crippen LogP contribution < -0.4 is 5.32 Å². The van der Waals surface area contributed by atoms with Crippen molar-refractivity contribution in [1.82, 2.24) is 5.32 Å². The summed E-state index contributed by atoms with van der Waals surface area (Å²) in [5, 5.41) is 2.95. The van der Waals surface area contributed by atoms with Crippen LogP contribution in [-0.2, 0) is 14.3 Å². The molecule has 4 nitrogen and oxygen atoms in total. The van der Waals surface area contributed by atoms with Gasteiger partial charge < -0.3 is 14.8 Å². The van der Waals surface area contributed by atoms with Crippen LogP contribution in [0.25, 0.3) is 0 Å². The summed E-state index contributed by atoms with van der Waals surface area (Å²) in [6.45, 7) is 8.26. The van der Waals surface area contributed by atoms with E-state index in [9.17, 15) is 18.0 Å². The fourth-order valence-electron chi connectivity index (χ4n) is 1.96. The second kappa shape index (κ2) is 7.83. The number of esters is 1. The predicted molar refractivity (Wildman–Crippen MR) is 69.4 cm³/mol. The number of hydrogen-bond donors (Lipinski definition) is 1. The molecule has 3 unspecified atom stereocenters. The summed E-state index contributed by atoms with van der Waals surface area (Å²) in [5.74, 6) is -0.489. The van der Waals surface area contributed by atoms with Gasteiger partial charge in [0, 0.05) is 6.42 Å². The first-order valence-corrected chi connectivity index (χ1v) is 6.71. The molecule has 0 aromatic rings. The van der Waals surface area contributed by atoms with E-state index >= 15 is 0 Å². The molecular weight excluding hydrogens is 275 g/mol. The lowest BCUT2D eigenvalue weighted by molar-refractivity contribution is -0.226. The van der Waals surface area contributed by atoms with Gasteiger partial charge in [0.05, 0.1) is 12.7 Å². The van der Waals surface area contributed by atoms with Crippen molar-refractivity contribution in [2.45, 2.75) is 65.0 Å². The first-order chi connectivity index (χ1) is 9.06. The van der Waals surface area contributed by atoms with E-state index in [1.807, 2.05) is 0 Å². The molecule has 0 rings (SSSR count). The summed E-state index contributed by atoms with van der Waals surface area (Å²) in [7, 11) is 0. The number of likely N-dealkylation sites (N-methyl/N-ethyl adjacent to an activating group) is 1. The van der Waals surface area contributed by atoms with Crippen LogP contribution >= 0.6 is 0 Å². The summed E-state index contributed by atoms with van der Waals surface area (Å²) >= 11 is 0. The highest BCUT2D eigenvalue weighted by atomic mass is 19.4. The minimum absolute atomic E-state index is 0.0973. The van der Waals surface area contributed by atoms with E-state index in [4.69, 9.17) is 9.47 Å². The molecule has 120 valence electrons. The van der Waals surface area contributed by atoms with E-state index in [0.717, 1.165) is 6.92 Å². The first-order valence-electron chi connectivity index (χ1n) is 6.71. The number of hydrogen-bond acceptors (Lipinski definition) is 4. The molecule has 0 saturated carbocycles. The van der Waals surface area contributed by atoms with Crippen molar-refractivity contribution < 1.29 is 27.4 Å². The van der Waals surface area contributed by atoms with Gasteiger partial charge in [-0.1, -0.05) is 6.92 Å². The van der Waals surface area contributed by atoms with Crippen LogP contribution in [0.2, 0.25) is 0 Å². The van der Waals surface area contributed by atoms with Crippen molar-refractivity contribution in [2.75, 3.05) is 13.2 Å². The maximum atomic E-state index is 12.4. The molecule has 0 aromatic heterocycles. The highest BCUT2D eigenvalue weighted by Gasteiger charge is 2.40. The van der Waals surface area contributed by atoms with Gasteiger partial charge in [0.25, 0.3) is 0 Å². The summed E-state index contributed by atoms with van der Waals surface area (Å²) in [6, 6.07) is 0. The van der Waals surface area contributed by atoms with Gasteiger partial charge in [-0.15, -0.1) is 0 Å². The van der Waals surface area contributed by atoms with Gasteiger partial charge in [0.2, 0.25) is 0 Å². The molecule has 0 heterocycles. The summed E-state index contributed by atoms with van der Waals surface area (Å²) in [6.07, 6.45) is -6.92. The molecule has 0 aliphatic rings. The number of rotatable bonds is 8. The molecule has 0 saturated heterocycles. The third-order valence-electron chi connectivity index (χ3n) is 2.89. The first kappa shape index (κ1) is 19.2. The van der Waals surface area contributed by atoms with E-state index in [-0.39, 0.29) is 13.0 Å². The normalized spacial score (nSPS) is 18.2. The summed E-state index contributed by atoms with van der Waals surface area (Å²) in [5.41, 5.74) is -1.06. The Balaban J connectivity index is 4.70. The molecule has 0 radical (unpaired) electrons. The molecule has 0 fully saturated rings. The zero-order valence-electron chi connectivity index (χ0n) is 12.6. The van der Waals surface area contributed by atoms with E-state index in [2.05, 4.69) is 5.32 Å². The zero-order valence-corrected chi connectivity index (χ0v) is 12.6. The Morgan fingerprint density at radius 2 is 1.80 bits per heavy atom. The van der Waals surface area contributed by atoms with E-state index < -0.39 is 29.9 Å². The van der Waals surface area contributed by atoms with E-state index in [0.29, 0.717) is 6.54 Å². The van der Waals surface area contributed by atoms with Crippen LogP contribution in [0.3, 0.4) is 0 Å². The minimum atomic E-state index is -4.41. The fraction of sp³-hybridized carbons (Fsp3) is 0.923. The average Bonchev–Trinajstić information content (AvgIpc) is 2.27. The Morgan fingerprint density at radius 3 is 2.20 bits per heavy atom. The predicted octanol–water partition coefficient (Wildman–Crippen LogP) is 2.66. The number of alkyl halides is 3. The van der Waals surface area contributed by atoms with Crippen LogP contribution in [0.4, 0.5) is 13.2 Å². The van der Waals surface area contributed by atoms with Crippen molar-refractivity contribution in [2.24, 2.45) is 0 Å². The monoisotopic (exact) mass is 299 g/mol. The van der Waals surface area contributed by atoms with Gasteiger partial charge >= 0.3 is 12.1 Å². The van der Waals surface area contributed by atoms with Crippen LogP contribution in [0.15, 0.2) is 0 Å². The lowest BCUT2D eigenvalue weighted by Gasteiger charge is -2.32. The number of carbonyl (C=O) groups excluding carboxylic acids is 1. The molecule has 0 aromatic carbocycles.